The number of imidazole rings is 1. The molecule has 2 spiro atoms. The van der Waals surface area contributed by atoms with Crippen molar-refractivity contribution >= 4 is 77.9 Å². The minimum absolute atomic E-state index is 0.468. The second-order valence-corrected chi connectivity index (χ2v) is 34.6. The van der Waals surface area contributed by atoms with E-state index in [1.807, 2.05) is 72.3 Å². The van der Waals surface area contributed by atoms with Crippen LogP contribution in [0, 0.1) is 0 Å². The average Bonchev–Trinajstić information content (AvgIpc) is 1.57. The van der Waals surface area contributed by atoms with Crippen LogP contribution in [0.15, 0.2) is 451 Å². The smallest absolute Gasteiger partial charge is 0.145 e. The van der Waals surface area contributed by atoms with E-state index in [1.54, 1.807) is 0 Å². The maximum Gasteiger partial charge on any atom is 0.145 e. The van der Waals surface area contributed by atoms with Gasteiger partial charge in [-0.1, -0.05) is 345 Å². The van der Waals surface area contributed by atoms with Gasteiger partial charge in [-0.3, -0.25) is 14.5 Å². The zero-order chi connectivity index (χ0) is 82.3. The fraction of sp³-hybridized carbons (Fsp3) is 0.0172. The lowest BCUT2D eigenvalue weighted by atomic mass is 9.67. The molecular formula is C116H71N7S2. The number of nitrogens with zero attached hydrogens (tertiary/aromatic N) is 7. The molecule has 8 heterocycles. The summed E-state index contributed by atoms with van der Waals surface area (Å²) in [5.74, 6) is 0.925. The van der Waals surface area contributed by atoms with Gasteiger partial charge in [-0.05, 0) is 197 Å². The summed E-state index contributed by atoms with van der Waals surface area (Å²) < 4.78 is 2.26. The van der Waals surface area contributed by atoms with E-state index in [0.717, 1.165) is 139 Å². The van der Waals surface area contributed by atoms with E-state index in [4.69, 9.17) is 19.9 Å². The van der Waals surface area contributed by atoms with Crippen molar-refractivity contribution in [2.45, 2.75) is 30.4 Å². The molecule has 0 N–H and O–H groups in total. The number of pyridine rings is 5. The highest BCUT2D eigenvalue weighted by Gasteiger charge is 2.52. The zero-order valence-corrected chi connectivity index (χ0v) is 69.1. The highest BCUT2D eigenvalue weighted by atomic mass is 32.2. The van der Waals surface area contributed by atoms with Crippen molar-refractivity contribution in [1.82, 2.24) is 34.5 Å². The Kier molecular flexibility index (Phi) is 16.8. The molecule has 0 radical (unpaired) electrons. The first-order chi connectivity index (χ1) is 62.0. The number of para-hydroxylation sites is 3. The molecule has 125 heavy (non-hydrogen) atoms. The number of hydrogen-bond acceptors (Lipinski definition) is 8. The Hall–Kier alpha value is -15.5. The van der Waals surface area contributed by atoms with Gasteiger partial charge in [0.05, 0.1) is 67.1 Å². The van der Waals surface area contributed by atoms with Crippen LogP contribution in [0.25, 0.3) is 172 Å². The predicted molar refractivity (Wildman–Crippen MR) is 513 cm³/mol. The SMILES string of the molecule is c1ccc(-c2nc3ccc(-c4ccc(-c5cc(-c6ccccn6)nc(-c6ccccn6)c5)cc4)cc3c3c4c(ccc23)C2(c3ccccc3S4)c3ccccc3-c3ccccc32)cc1.c1ccc(-c2nc3ccc(-c4ccc(-c5nc6ccccc6n5-c5ccccc5)cc4)cc3c3c4c(ccc23)C2(c3ccccc3S4)c3ccccc3-c3ccccc32)cc1. The normalized spacial score (nSPS) is 13.2. The summed E-state index contributed by atoms with van der Waals surface area (Å²) in [5.41, 5.74) is 35.3. The van der Waals surface area contributed by atoms with Crippen molar-refractivity contribution in [2.24, 2.45) is 0 Å². The van der Waals surface area contributed by atoms with Gasteiger partial charge >= 0.3 is 0 Å². The summed E-state index contributed by atoms with van der Waals surface area (Å²) in [6.45, 7) is 0. The minimum atomic E-state index is -0.478. The second-order valence-electron chi connectivity index (χ2n) is 32.5. The van der Waals surface area contributed by atoms with Crippen LogP contribution in [0.4, 0.5) is 0 Å². The Morgan fingerprint density at radius 3 is 1.05 bits per heavy atom. The van der Waals surface area contributed by atoms with Crippen molar-refractivity contribution in [2.75, 3.05) is 0 Å². The van der Waals surface area contributed by atoms with Crippen LogP contribution in [0.3, 0.4) is 0 Å². The van der Waals surface area contributed by atoms with Crippen LogP contribution < -0.4 is 0 Å². The van der Waals surface area contributed by atoms with Crippen molar-refractivity contribution in [3.8, 4) is 118 Å². The van der Waals surface area contributed by atoms with E-state index in [2.05, 4.69) is 397 Å². The molecule has 22 aromatic rings. The quantitative estimate of drug-likeness (QED) is 0.132. The number of hydrogen-bond donors (Lipinski definition) is 0. The molecule has 0 saturated heterocycles. The van der Waals surface area contributed by atoms with Gasteiger partial charge in [0.15, 0.2) is 0 Å². The molecule has 26 rings (SSSR count). The van der Waals surface area contributed by atoms with E-state index >= 15 is 0 Å². The van der Waals surface area contributed by atoms with Gasteiger partial charge in [0.1, 0.15) is 5.82 Å². The van der Waals surface area contributed by atoms with E-state index in [1.165, 1.54) is 97.1 Å². The van der Waals surface area contributed by atoms with E-state index in [9.17, 15) is 0 Å². The molecule has 16 aromatic carbocycles. The lowest BCUT2D eigenvalue weighted by Gasteiger charge is -2.40. The molecule has 0 saturated carbocycles. The van der Waals surface area contributed by atoms with Crippen molar-refractivity contribution in [3.05, 3.63) is 475 Å². The third-order valence-corrected chi connectivity index (χ3v) is 28.3. The Bertz CT molecular complexity index is 7990. The van der Waals surface area contributed by atoms with Gasteiger partial charge in [0, 0.05) is 86.7 Å². The second kappa shape index (κ2) is 29.1. The first-order valence-electron chi connectivity index (χ1n) is 42.4. The lowest BCUT2D eigenvalue weighted by Crippen LogP contribution is -2.32. The van der Waals surface area contributed by atoms with Crippen LogP contribution in [-0.4, -0.2) is 34.5 Å². The summed E-state index contributed by atoms with van der Waals surface area (Å²) in [6, 6.07) is 151. The van der Waals surface area contributed by atoms with Crippen LogP contribution in [-0.2, 0) is 10.8 Å². The number of aromatic nitrogens is 7. The summed E-state index contributed by atoms with van der Waals surface area (Å²) in [6.07, 6.45) is 3.61. The maximum absolute atomic E-state index is 5.46. The van der Waals surface area contributed by atoms with Crippen molar-refractivity contribution < 1.29 is 0 Å². The summed E-state index contributed by atoms with van der Waals surface area (Å²) >= 11 is 3.81. The highest BCUT2D eigenvalue weighted by molar-refractivity contribution is 8.00. The van der Waals surface area contributed by atoms with Crippen LogP contribution in [0.1, 0.15) is 44.5 Å². The van der Waals surface area contributed by atoms with Crippen LogP contribution >= 0.6 is 23.5 Å². The topological polar surface area (TPSA) is 82.3 Å². The Morgan fingerprint density at radius 1 is 0.224 bits per heavy atom. The van der Waals surface area contributed by atoms with Gasteiger partial charge in [0.25, 0.3) is 0 Å². The highest BCUT2D eigenvalue weighted by Crippen LogP contribution is 2.66. The molecule has 0 unspecified atom stereocenters. The minimum Gasteiger partial charge on any atom is -0.292 e. The standard InChI is InChI=1S/C59H36N4S.C57H35N3S/c1-2-14-39(15-3-1)57-44-29-30-49-58(64-55-23-9-8-20-48(55)59(49)46-18-6-4-16-42(46)43-17-5-7-19-47(43)59)56(44)45-34-40(28-31-50(45)63-57)37-24-26-38(27-25-37)41-35-53(51-21-10-12-32-60-51)62-54(36-41)52-22-11-13-33-61-52;1-3-15-37(16-4-1)54-43-32-33-48-55(61-52-26-14-11-23-47(52)57(48)45-21-9-7-19-41(45)42-20-8-10-22-46(42)57)53(43)44-35-39(31-34-49(44)58-54)36-27-29-38(30-28-36)56-59-50-24-12-13-25-51(50)60(56)40-17-5-2-6-18-40/h1-36H;1-35H. The Morgan fingerprint density at radius 2 is 0.600 bits per heavy atom. The van der Waals surface area contributed by atoms with Gasteiger partial charge < -0.3 is 0 Å². The summed E-state index contributed by atoms with van der Waals surface area (Å²) in [4.78, 5) is 35.4. The lowest BCUT2D eigenvalue weighted by molar-refractivity contribution is 0.726. The van der Waals surface area contributed by atoms with Gasteiger partial charge in [0.2, 0.25) is 0 Å². The molecule has 0 atom stereocenters. The molecule has 0 fully saturated rings. The molecule has 0 bridgehead atoms. The fourth-order valence-corrected chi connectivity index (χ4v) is 23.2. The predicted octanol–water partition coefficient (Wildman–Crippen LogP) is 29.3. The van der Waals surface area contributed by atoms with Gasteiger partial charge in [-0.25, -0.2) is 19.9 Å². The molecule has 7 nitrogen and oxygen atoms in total. The molecule has 2 aliphatic carbocycles. The summed E-state index contributed by atoms with van der Waals surface area (Å²) in [7, 11) is 0. The van der Waals surface area contributed by atoms with Crippen LogP contribution in [0.2, 0.25) is 0 Å². The molecule has 582 valence electrons. The molecule has 0 amide bonds. The summed E-state index contributed by atoms with van der Waals surface area (Å²) in [5, 5.41) is 7.09. The average molecular weight is 1630 g/mol. The molecule has 4 aliphatic rings. The first kappa shape index (κ1) is 72.3. The largest absolute Gasteiger partial charge is 0.292 e. The van der Waals surface area contributed by atoms with E-state index in [-0.39, 0.29) is 0 Å². The molecular weight excluding hydrogens is 1560 g/mol. The van der Waals surface area contributed by atoms with E-state index in [0.29, 0.717) is 0 Å². The third kappa shape index (κ3) is 11.3. The van der Waals surface area contributed by atoms with Crippen molar-refractivity contribution in [1.29, 1.82) is 0 Å². The third-order valence-electron chi connectivity index (χ3n) is 25.9. The Balaban J connectivity index is 0.000000137. The monoisotopic (exact) mass is 1630 g/mol. The molecule has 6 aromatic heterocycles. The zero-order valence-electron chi connectivity index (χ0n) is 67.4. The Labute approximate surface area is 730 Å². The maximum atomic E-state index is 5.46. The number of benzene rings is 16. The van der Waals surface area contributed by atoms with Crippen molar-refractivity contribution in [3.63, 3.8) is 0 Å². The fourth-order valence-electron chi connectivity index (χ4n) is 20.5. The van der Waals surface area contributed by atoms with Crippen LogP contribution in [0.5, 0.6) is 0 Å². The van der Waals surface area contributed by atoms with Gasteiger partial charge in [-0.15, -0.1) is 0 Å². The van der Waals surface area contributed by atoms with E-state index < -0.39 is 10.8 Å². The first-order valence-corrected chi connectivity index (χ1v) is 44.1. The number of fused-ring (bicyclic) bond motifs is 27. The molecule has 2 aliphatic heterocycles. The van der Waals surface area contributed by atoms with Gasteiger partial charge in [-0.2, -0.15) is 0 Å². The number of rotatable bonds is 9. The molecule has 9 heteroatoms.